The second-order valence-corrected chi connectivity index (χ2v) is 12.9. The van der Waals surface area contributed by atoms with Crippen molar-refractivity contribution in [3.63, 3.8) is 0 Å². The molecule has 11 heteroatoms. The molecule has 1 amide bonds. The lowest BCUT2D eigenvalue weighted by molar-refractivity contribution is -0.116. The van der Waals surface area contributed by atoms with Crippen LogP contribution >= 0.6 is 0 Å². The highest BCUT2D eigenvalue weighted by Gasteiger charge is 2.30. The van der Waals surface area contributed by atoms with Gasteiger partial charge in [0.1, 0.15) is 17.5 Å². The fraction of sp³-hybridized carbons (Fsp3) is 0.296. The zero-order valence-corrected chi connectivity index (χ0v) is 22.9. The Bertz CT molecular complexity index is 1450. The number of rotatable bonds is 9. The van der Waals surface area contributed by atoms with Gasteiger partial charge in [-0.1, -0.05) is 24.6 Å². The zero-order valence-electron chi connectivity index (χ0n) is 21.3. The summed E-state index contributed by atoms with van der Waals surface area (Å²) >= 11 is 0. The maximum atomic E-state index is 13.0. The molecule has 4 rings (SSSR count). The van der Waals surface area contributed by atoms with Crippen molar-refractivity contribution in [2.24, 2.45) is 0 Å². The summed E-state index contributed by atoms with van der Waals surface area (Å²) in [5, 5.41) is 2.69. The number of nitrogens with one attached hydrogen (secondary N) is 1. The van der Waals surface area contributed by atoms with E-state index in [1.54, 1.807) is 36.4 Å². The van der Waals surface area contributed by atoms with E-state index >= 15 is 0 Å². The summed E-state index contributed by atoms with van der Waals surface area (Å²) in [5.41, 5.74) is 0.665. The Morgan fingerprint density at radius 3 is 2.00 bits per heavy atom. The number of anilines is 2. The number of sulfonamides is 2. The number of amides is 1. The van der Waals surface area contributed by atoms with Crippen LogP contribution in [0, 0.1) is 0 Å². The molecule has 1 heterocycles. The minimum atomic E-state index is -3.82. The number of carbonyl (C=O) groups excluding carboxylic acids is 1. The van der Waals surface area contributed by atoms with Crippen molar-refractivity contribution in [1.29, 1.82) is 0 Å². The molecule has 0 bridgehead atoms. The molecule has 1 aliphatic rings. The molecule has 1 fully saturated rings. The molecule has 1 aliphatic heterocycles. The Morgan fingerprint density at radius 1 is 0.842 bits per heavy atom. The highest BCUT2D eigenvalue weighted by Crippen LogP contribution is 2.28. The number of para-hydroxylation sites is 1. The van der Waals surface area contributed by atoms with Crippen LogP contribution in [-0.4, -0.2) is 52.4 Å². The van der Waals surface area contributed by atoms with E-state index in [-0.39, 0.29) is 4.90 Å². The lowest BCUT2D eigenvalue weighted by atomic mass is 10.2. The van der Waals surface area contributed by atoms with Gasteiger partial charge in [-0.3, -0.25) is 9.10 Å². The maximum Gasteiger partial charge on any atom is 0.247 e. The molecule has 1 atom stereocenters. The Morgan fingerprint density at radius 2 is 1.42 bits per heavy atom. The van der Waals surface area contributed by atoms with Crippen molar-refractivity contribution in [1.82, 2.24) is 4.31 Å². The second-order valence-electron chi connectivity index (χ2n) is 9.12. The quantitative estimate of drug-likeness (QED) is 0.416. The first kappa shape index (κ1) is 27.6. The predicted molar refractivity (Wildman–Crippen MR) is 147 cm³/mol. The van der Waals surface area contributed by atoms with Crippen molar-refractivity contribution in [3.05, 3.63) is 78.9 Å². The molecule has 0 radical (unpaired) electrons. The monoisotopic (exact) mass is 557 g/mol. The molecule has 202 valence electrons. The number of ether oxygens (including phenoxy) is 1. The first-order valence-corrected chi connectivity index (χ1v) is 15.6. The van der Waals surface area contributed by atoms with Crippen LogP contribution in [0.25, 0.3) is 0 Å². The number of benzene rings is 3. The van der Waals surface area contributed by atoms with Gasteiger partial charge in [0.05, 0.1) is 16.8 Å². The summed E-state index contributed by atoms with van der Waals surface area (Å²) in [6.45, 7) is 2.48. The number of piperidine rings is 1. The largest absolute Gasteiger partial charge is 0.457 e. The Balaban J connectivity index is 1.46. The van der Waals surface area contributed by atoms with Crippen molar-refractivity contribution < 1.29 is 26.4 Å². The van der Waals surface area contributed by atoms with Crippen LogP contribution in [0.4, 0.5) is 11.4 Å². The van der Waals surface area contributed by atoms with Crippen LogP contribution < -0.4 is 14.4 Å². The van der Waals surface area contributed by atoms with E-state index in [9.17, 15) is 21.6 Å². The van der Waals surface area contributed by atoms with Gasteiger partial charge in [-0.25, -0.2) is 16.8 Å². The number of nitrogens with zero attached hydrogens (tertiary/aromatic N) is 2. The van der Waals surface area contributed by atoms with Gasteiger partial charge in [-0.2, -0.15) is 4.31 Å². The van der Waals surface area contributed by atoms with E-state index in [1.807, 2.05) is 18.2 Å². The first-order chi connectivity index (χ1) is 18.1. The van der Waals surface area contributed by atoms with Gasteiger partial charge in [-0.15, -0.1) is 0 Å². The zero-order chi connectivity index (χ0) is 27.3. The molecule has 0 aliphatic carbocycles. The third kappa shape index (κ3) is 6.53. The number of hydrogen-bond acceptors (Lipinski definition) is 6. The van der Waals surface area contributed by atoms with E-state index in [4.69, 9.17) is 4.74 Å². The average Bonchev–Trinajstić information content (AvgIpc) is 2.90. The molecule has 9 nitrogen and oxygen atoms in total. The fourth-order valence-corrected chi connectivity index (χ4v) is 7.00. The van der Waals surface area contributed by atoms with E-state index in [0.29, 0.717) is 36.0 Å². The SMILES string of the molecule is C[C@H](C(=O)Nc1ccc(S(=O)(=O)N2CCCCC2)cc1)N(c1ccc(Oc2ccccc2)cc1)S(C)(=O)=O. The predicted octanol–water partition coefficient (Wildman–Crippen LogP) is 4.45. The van der Waals surface area contributed by atoms with Gasteiger partial charge >= 0.3 is 0 Å². The molecule has 3 aromatic rings. The van der Waals surface area contributed by atoms with E-state index in [1.165, 1.54) is 35.5 Å². The fourth-order valence-electron chi connectivity index (χ4n) is 4.31. The average molecular weight is 558 g/mol. The maximum absolute atomic E-state index is 13.0. The molecule has 0 unspecified atom stereocenters. The summed E-state index contributed by atoms with van der Waals surface area (Å²) in [7, 11) is -7.41. The molecule has 3 aromatic carbocycles. The molecule has 0 saturated carbocycles. The number of carbonyl (C=O) groups is 1. The van der Waals surface area contributed by atoms with Crippen LogP contribution in [0.2, 0.25) is 0 Å². The number of hydrogen-bond donors (Lipinski definition) is 1. The second kappa shape index (κ2) is 11.5. The third-order valence-corrected chi connectivity index (χ3v) is 9.39. The summed E-state index contributed by atoms with van der Waals surface area (Å²) in [5.74, 6) is 0.597. The Labute approximate surface area is 224 Å². The highest BCUT2D eigenvalue weighted by atomic mass is 32.2. The molecule has 0 spiro atoms. The van der Waals surface area contributed by atoms with Crippen LogP contribution in [0.5, 0.6) is 11.5 Å². The van der Waals surface area contributed by atoms with Crippen molar-refractivity contribution >= 4 is 37.3 Å². The lowest BCUT2D eigenvalue weighted by Crippen LogP contribution is -2.45. The standard InChI is InChI=1S/C27H31N3O6S2/c1-21(27(31)28-22-11-17-26(18-12-22)38(34,35)29-19-7-4-8-20-29)30(37(2,32)33)23-13-15-25(16-14-23)36-24-9-5-3-6-10-24/h3,5-6,9-18,21H,4,7-8,19-20H2,1-2H3,(H,28,31)/t21-/m1/s1. The first-order valence-electron chi connectivity index (χ1n) is 12.3. The minimum absolute atomic E-state index is 0.154. The summed E-state index contributed by atoms with van der Waals surface area (Å²) in [6.07, 6.45) is 3.73. The summed E-state index contributed by atoms with van der Waals surface area (Å²) in [4.78, 5) is 13.2. The summed E-state index contributed by atoms with van der Waals surface area (Å²) < 4.78 is 59.3. The van der Waals surface area contributed by atoms with Crippen molar-refractivity contribution in [3.8, 4) is 11.5 Å². The molecular formula is C27H31N3O6S2. The van der Waals surface area contributed by atoms with Crippen molar-refractivity contribution in [2.45, 2.75) is 37.1 Å². The van der Waals surface area contributed by atoms with E-state index in [0.717, 1.165) is 29.8 Å². The van der Waals surface area contributed by atoms with Crippen LogP contribution in [-0.2, 0) is 24.8 Å². The van der Waals surface area contributed by atoms with Crippen LogP contribution in [0.3, 0.4) is 0 Å². The molecular weight excluding hydrogens is 526 g/mol. The van der Waals surface area contributed by atoms with Gasteiger partial charge in [0, 0.05) is 18.8 Å². The summed E-state index contributed by atoms with van der Waals surface area (Å²) in [6, 6.07) is 20.4. The van der Waals surface area contributed by atoms with Crippen LogP contribution in [0.15, 0.2) is 83.8 Å². The van der Waals surface area contributed by atoms with E-state index in [2.05, 4.69) is 5.32 Å². The van der Waals surface area contributed by atoms with Gasteiger partial charge in [0.2, 0.25) is 26.0 Å². The van der Waals surface area contributed by atoms with Gasteiger partial charge in [0.25, 0.3) is 0 Å². The highest BCUT2D eigenvalue weighted by molar-refractivity contribution is 7.92. The molecule has 1 N–H and O–H groups in total. The van der Waals surface area contributed by atoms with Crippen molar-refractivity contribution in [2.75, 3.05) is 29.0 Å². The van der Waals surface area contributed by atoms with Gasteiger partial charge < -0.3 is 10.1 Å². The molecule has 0 aromatic heterocycles. The Hall–Kier alpha value is -3.41. The van der Waals surface area contributed by atoms with Gasteiger partial charge in [-0.05, 0) is 80.4 Å². The third-order valence-electron chi connectivity index (χ3n) is 6.23. The molecule has 1 saturated heterocycles. The van der Waals surface area contributed by atoms with Gasteiger partial charge in [0.15, 0.2) is 0 Å². The topological polar surface area (TPSA) is 113 Å². The Kier molecular flexibility index (Phi) is 8.39. The van der Waals surface area contributed by atoms with Crippen LogP contribution in [0.1, 0.15) is 26.2 Å². The normalized spacial score (nSPS) is 15.4. The smallest absolute Gasteiger partial charge is 0.247 e. The minimum Gasteiger partial charge on any atom is -0.457 e. The lowest BCUT2D eigenvalue weighted by Gasteiger charge is -2.28. The molecule has 38 heavy (non-hydrogen) atoms. The van der Waals surface area contributed by atoms with E-state index < -0.39 is 32.0 Å².